The lowest BCUT2D eigenvalue weighted by atomic mass is 10.2. The Hall–Kier alpha value is -4.60. The topological polar surface area (TPSA) is 178 Å². The number of anilines is 2. The lowest BCUT2D eigenvalue weighted by molar-refractivity contribution is -0.122. The first kappa shape index (κ1) is 20.1. The summed E-state index contributed by atoms with van der Waals surface area (Å²) in [6.45, 7) is -0.250. The average Bonchev–Trinajstić information content (AvgIpc) is 3.24. The van der Waals surface area contributed by atoms with E-state index in [1.807, 2.05) is 18.2 Å². The van der Waals surface area contributed by atoms with Crippen LogP contribution in [0.1, 0.15) is 0 Å². The number of para-hydroxylation sites is 2. The Labute approximate surface area is 167 Å². The first-order valence-electron chi connectivity index (χ1n) is 8.47. The zero-order valence-corrected chi connectivity index (χ0v) is 15.4. The molecule has 10 heteroatoms. The second kappa shape index (κ2) is 8.61. The minimum Gasteiger partial charge on any atom is -0.483 e. The van der Waals surface area contributed by atoms with E-state index >= 15 is 0 Å². The zero-order chi connectivity index (χ0) is 21.7. The molecule has 0 saturated carbocycles. The number of nitrogen functional groups attached to an aromatic ring is 2. The maximum absolute atomic E-state index is 11.4. The van der Waals surface area contributed by atoms with Crippen LogP contribution in [0.15, 0.2) is 73.3 Å². The highest BCUT2D eigenvalue weighted by Gasteiger charge is 2.08. The number of hydrogen-bond acceptors (Lipinski definition) is 8. The van der Waals surface area contributed by atoms with Crippen molar-refractivity contribution in [2.75, 3.05) is 11.5 Å². The third kappa shape index (κ3) is 3.83. The van der Waals surface area contributed by atoms with Crippen LogP contribution in [0, 0.1) is 0 Å². The van der Waals surface area contributed by atoms with E-state index in [4.69, 9.17) is 30.2 Å². The average molecular weight is 408 g/mol. The molecule has 5 aromatic rings. The molecule has 2 aromatic carbocycles. The van der Waals surface area contributed by atoms with Gasteiger partial charge >= 0.3 is 11.3 Å². The van der Waals surface area contributed by atoms with E-state index < -0.39 is 5.63 Å². The number of aromatic amines is 1. The van der Waals surface area contributed by atoms with Crippen molar-refractivity contribution in [2.24, 2.45) is 0 Å². The molecule has 152 valence electrons. The van der Waals surface area contributed by atoms with Crippen molar-refractivity contribution in [3.63, 3.8) is 0 Å². The van der Waals surface area contributed by atoms with Gasteiger partial charge in [-0.15, -0.1) is 0 Å². The molecule has 3 heterocycles. The van der Waals surface area contributed by atoms with E-state index in [-0.39, 0.29) is 23.5 Å². The number of carboxylic acid groups (broad SMARTS) is 1. The van der Waals surface area contributed by atoms with Crippen LogP contribution in [0.3, 0.4) is 0 Å². The molecular weight excluding hydrogens is 392 g/mol. The van der Waals surface area contributed by atoms with Gasteiger partial charge in [0.15, 0.2) is 5.52 Å². The quantitative estimate of drug-likeness (QED) is 0.221. The Morgan fingerprint density at radius 3 is 2.07 bits per heavy atom. The number of nitrogens with zero attached hydrogens (tertiary/aromatic N) is 1. The summed E-state index contributed by atoms with van der Waals surface area (Å²) in [5.41, 5.74) is 12.4. The molecule has 6 N–H and O–H groups in total. The summed E-state index contributed by atoms with van der Waals surface area (Å²) in [5, 5.41) is 8.41. The number of hydrogen-bond donors (Lipinski definition) is 4. The van der Waals surface area contributed by atoms with Crippen molar-refractivity contribution in [1.82, 2.24) is 9.97 Å². The van der Waals surface area contributed by atoms with Crippen LogP contribution < -0.4 is 22.7 Å². The van der Waals surface area contributed by atoms with E-state index in [0.29, 0.717) is 27.6 Å². The Bertz CT molecular complexity index is 1450. The summed E-state index contributed by atoms with van der Waals surface area (Å²) in [6, 6.07) is 14.3. The molecule has 3 aromatic heterocycles. The van der Waals surface area contributed by atoms with E-state index in [0.717, 1.165) is 5.39 Å². The largest absolute Gasteiger partial charge is 0.483 e. The number of H-pyrrole nitrogens is 1. The van der Waals surface area contributed by atoms with Gasteiger partial charge < -0.3 is 30.4 Å². The van der Waals surface area contributed by atoms with Crippen LogP contribution in [0.2, 0.25) is 0 Å². The fourth-order valence-electron chi connectivity index (χ4n) is 2.74. The highest BCUT2D eigenvalue weighted by atomic mass is 16.4. The van der Waals surface area contributed by atoms with Crippen molar-refractivity contribution >= 4 is 50.8 Å². The van der Waals surface area contributed by atoms with Crippen molar-refractivity contribution in [1.29, 1.82) is 0 Å². The Kier molecular flexibility index (Phi) is 5.78. The Morgan fingerprint density at radius 1 is 0.867 bits per heavy atom. The van der Waals surface area contributed by atoms with Crippen LogP contribution in [-0.2, 0) is 4.79 Å². The van der Waals surface area contributed by atoms with Crippen LogP contribution in [0.25, 0.3) is 33.0 Å². The fourth-order valence-corrected chi connectivity index (χ4v) is 2.74. The van der Waals surface area contributed by atoms with Gasteiger partial charge in [-0.3, -0.25) is 4.79 Å². The molecule has 0 aliphatic carbocycles. The predicted molar refractivity (Wildman–Crippen MR) is 112 cm³/mol. The van der Waals surface area contributed by atoms with E-state index in [1.54, 1.807) is 30.3 Å². The van der Waals surface area contributed by atoms with Gasteiger partial charge in [-0.05, 0) is 24.3 Å². The standard InChI is InChI=1S/C10H6N2O2.C9H8N2O2.CH2O2/c13-10-9-8(11-5-12-9)6-3-1-2-4-7(6)14-10;10-7-5-3-1-2-4-6(5)13-9(12)8(7)11;2-1-3/h1-5H,(H,11,12);1-4H,10-11H2;1H,(H,2,3). The van der Waals surface area contributed by atoms with E-state index in [2.05, 4.69) is 9.97 Å². The summed E-state index contributed by atoms with van der Waals surface area (Å²) in [7, 11) is 0. The van der Waals surface area contributed by atoms with Gasteiger partial charge in [-0.25, -0.2) is 14.6 Å². The number of carbonyl (C=O) groups is 1. The molecule has 0 aliphatic heterocycles. The van der Waals surface area contributed by atoms with Crippen molar-refractivity contribution in [3.05, 3.63) is 75.7 Å². The third-order valence-corrected chi connectivity index (χ3v) is 4.08. The minimum absolute atomic E-state index is 0.0290. The number of benzene rings is 2. The van der Waals surface area contributed by atoms with Gasteiger partial charge in [0.1, 0.15) is 22.4 Å². The maximum atomic E-state index is 11.4. The number of aromatic nitrogens is 2. The Morgan fingerprint density at radius 2 is 1.40 bits per heavy atom. The summed E-state index contributed by atoms with van der Waals surface area (Å²) in [5.74, 6) is 0. The van der Waals surface area contributed by atoms with Crippen molar-refractivity contribution < 1.29 is 18.7 Å². The number of rotatable bonds is 0. The van der Waals surface area contributed by atoms with Crippen LogP contribution >= 0.6 is 0 Å². The number of imidazole rings is 1. The molecule has 10 nitrogen and oxygen atoms in total. The Balaban J connectivity index is 0.000000152. The second-order valence-corrected chi connectivity index (χ2v) is 5.83. The highest BCUT2D eigenvalue weighted by molar-refractivity contribution is 6.00. The second-order valence-electron chi connectivity index (χ2n) is 5.83. The zero-order valence-electron chi connectivity index (χ0n) is 15.4. The van der Waals surface area contributed by atoms with Gasteiger partial charge in [0.05, 0.1) is 12.0 Å². The van der Waals surface area contributed by atoms with Crippen molar-refractivity contribution in [2.45, 2.75) is 0 Å². The predicted octanol–water partition coefficient (Wildman–Crippen LogP) is 2.33. The molecule has 0 radical (unpaired) electrons. The van der Waals surface area contributed by atoms with Gasteiger partial charge in [0.2, 0.25) is 0 Å². The summed E-state index contributed by atoms with van der Waals surface area (Å²) in [4.78, 5) is 37.7. The molecule has 5 rings (SSSR count). The van der Waals surface area contributed by atoms with Gasteiger partial charge in [0.25, 0.3) is 6.47 Å². The maximum Gasteiger partial charge on any atom is 0.362 e. The SMILES string of the molecule is Nc1c(N)c2ccccc2oc1=O.O=CO.O=c1oc2ccccc2c2nc[nH]c12. The van der Waals surface area contributed by atoms with E-state index in [9.17, 15) is 9.59 Å². The first-order valence-corrected chi connectivity index (χ1v) is 8.47. The number of nitrogens with one attached hydrogen (secondary N) is 1. The molecule has 0 atom stereocenters. The minimum atomic E-state index is -0.587. The smallest absolute Gasteiger partial charge is 0.362 e. The number of fused-ring (bicyclic) bond motifs is 4. The monoisotopic (exact) mass is 408 g/mol. The molecule has 0 amide bonds. The van der Waals surface area contributed by atoms with Crippen LogP contribution in [0.5, 0.6) is 0 Å². The third-order valence-electron chi connectivity index (χ3n) is 4.08. The summed E-state index contributed by atoms with van der Waals surface area (Å²) < 4.78 is 10.0. The number of nitrogens with two attached hydrogens (primary N) is 2. The molecule has 0 saturated heterocycles. The molecular formula is C20H16N4O6. The van der Waals surface area contributed by atoms with Crippen molar-refractivity contribution in [3.8, 4) is 0 Å². The van der Waals surface area contributed by atoms with Gasteiger partial charge in [0, 0.05) is 10.8 Å². The first-order chi connectivity index (χ1) is 14.5. The molecule has 0 aliphatic rings. The highest BCUT2D eigenvalue weighted by Crippen LogP contribution is 2.22. The summed E-state index contributed by atoms with van der Waals surface area (Å²) >= 11 is 0. The lowest BCUT2D eigenvalue weighted by Gasteiger charge is -2.01. The fraction of sp³-hybridized carbons (Fsp3) is 0. The van der Waals surface area contributed by atoms with Gasteiger partial charge in [-0.1, -0.05) is 24.3 Å². The van der Waals surface area contributed by atoms with Crippen LogP contribution in [0.4, 0.5) is 11.4 Å². The van der Waals surface area contributed by atoms with Gasteiger partial charge in [-0.2, -0.15) is 0 Å². The molecule has 0 spiro atoms. The molecule has 0 bridgehead atoms. The molecule has 0 fully saturated rings. The normalized spacial score (nSPS) is 10.1. The lowest BCUT2D eigenvalue weighted by Crippen LogP contribution is -2.10. The van der Waals surface area contributed by atoms with E-state index in [1.165, 1.54) is 6.33 Å². The summed E-state index contributed by atoms with van der Waals surface area (Å²) in [6.07, 6.45) is 1.49. The molecule has 30 heavy (non-hydrogen) atoms. The van der Waals surface area contributed by atoms with Crippen LogP contribution in [-0.4, -0.2) is 21.5 Å². The molecule has 0 unspecified atom stereocenters.